The molecular weight excluding hydrogens is 541 g/mol. The number of nitrogens with zero attached hydrogens (tertiary/aromatic N) is 3. The Hall–Kier alpha value is -3.69. The lowest BCUT2D eigenvalue weighted by atomic mass is 10.1. The first-order valence-electron chi connectivity index (χ1n) is 13.1. The largest absolute Gasteiger partial charge is 0.456 e. The summed E-state index contributed by atoms with van der Waals surface area (Å²) in [5.41, 5.74) is 3.20. The van der Waals surface area contributed by atoms with Gasteiger partial charge in [0, 0.05) is 18.5 Å². The number of esters is 1. The van der Waals surface area contributed by atoms with E-state index in [1.165, 1.54) is 11.8 Å². The van der Waals surface area contributed by atoms with Crippen LogP contribution in [0.25, 0.3) is 0 Å². The van der Waals surface area contributed by atoms with Gasteiger partial charge in [-0.3, -0.25) is 9.69 Å². The molecule has 1 fully saturated rings. The average Bonchev–Trinajstić information content (AvgIpc) is 3.41. The molecule has 3 aromatic carbocycles. The molecule has 1 N–H and O–H groups in total. The highest BCUT2D eigenvalue weighted by atomic mass is 32.2. The van der Waals surface area contributed by atoms with Crippen molar-refractivity contribution in [1.82, 2.24) is 4.90 Å². The van der Waals surface area contributed by atoms with E-state index in [4.69, 9.17) is 9.73 Å². The second-order valence-corrected chi connectivity index (χ2v) is 12.4. The minimum atomic E-state index is -0.618. The molecule has 206 valence electrons. The number of rotatable bonds is 6. The molecule has 1 amide bonds. The van der Waals surface area contributed by atoms with Gasteiger partial charge in [0.25, 0.3) is 5.91 Å². The molecule has 2 heterocycles. The number of hydrogen-bond donors (Lipinski definition) is 1. The number of nitrogens with one attached hydrogen (secondary N) is 1. The Morgan fingerprint density at radius 2 is 1.73 bits per heavy atom. The first-order chi connectivity index (χ1) is 19.1. The Bertz CT molecular complexity index is 1510. The van der Waals surface area contributed by atoms with Crippen LogP contribution < -0.4 is 10.2 Å². The van der Waals surface area contributed by atoms with E-state index in [0.717, 1.165) is 26.9 Å². The minimum Gasteiger partial charge on any atom is -0.456 e. The third-order valence-corrected chi connectivity index (χ3v) is 8.63. The van der Waals surface area contributed by atoms with Crippen molar-refractivity contribution in [3.8, 4) is 0 Å². The van der Waals surface area contributed by atoms with Gasteiger partial charge in [-0.25, -0.2) is 9.79 Å². The number of para-hydroxylation sites is 1. The number of carbonyl (C=O) groups excluding carboxylic acids is 2. The highest BCUT2D eigenvalue weighted by Crippen LogP contribution is 2.50. The van der Waals surface area contributed by atoms with Gasteiger partial charge >= 0.3 is 5.97 Å². The van der Waals surface area contributed by atoms with Gasteiger partial charge in [0.2, 0.25) is 0 Å². The molecule has 0 aliphatic carbocycles. The summed E-state index contributed by atoms with van der Waals surface area (Å²) in [5.74, 6) is -0.513. The molecule has 7 nitrogen and oxygen atoms in total. The summed E-state index contributed by atoms with van der Waals surface area (Å²) in [6.07, 6.45) is 0. The van der Waals surface area contributed by atoms with Crippen molar-refractivity contribution < 1.29 is 14.3 Å². The number of amides is 1. The zero-order valence-electron chi connectivity index (χ0n) is 23.2. The van der Waals surface area contributed by atoms with Crippen molar-refractivity contribution in [2.75, 3.05) is 23.8 Å². The minimum absolute atomic E-state index is 0.0944. The SMILES string of the molecule is CCNc1ccc(C(=O)OC(C)(C)C)cc1N=C1S/C(=C2\Sc3ccccc3N2C)C(=O)N1Cc1ccccc1. The number of thioether (sulfide) groups is 2. The molecule has 0 atom stereocenters. The average molecular weight is 573 g/mol. The van der Waals surface area contributed by atoms with E-state index in [1.807, 2.05) is 83.3 Å². The molecule has 1 saturated heterocycles. The fraction of sp³-hybridized carbons (Fsp3) is 0.258. The predicted molar refractivity (Wildman–Crippen MR) is 165 cm³/mol. The standard InChI is InChI=1S/C31H32N4O3S2/c1-6-32-22-17-16-21(29(37)38-31(2,3)4)18-23(22)33-30-35(19-20-12-8-7-9-13-20)27(36)26(40-30)28-34(5)24-14-10-11-15-25(24)39-28/h7-18,32H,6,19H2,1-5H3/b28-26-,33-30?. The van der Waals surface area contributed by atoms with E-state index in [0.29, 0.717) is 34.4 Å². The summed E-state index contributed by atoms with van der Waals surface area (Å²) in [7, 11) is 1.99. The Balaban J connectivity index is 1.58. The Labute approximate surface area is 243 Å². The van der Waals surface area contributed by atoms with Crippen molar-refractivity contribution in [1.29, 1.82) is 0 Å². The lowest BCUT2D eigenvalue weighted by Gasteiger charge is -2.20. The first kappa shape index (κ1) is 27.9. The molecule has 0 saturated carbocycles. The highest BCUT2D eigenvalue weighted by molar-refractivity contribution is 8.19. The van der Waals surface area contributed by atoms with Gasteiger partial charge in [0.1, 0.15) is 10.5 Å². The molecule has 2 aliphatic rings. The molecule has 9 heteroatoms. The number of hydrogen-bond acceptors (Lipinski definition) is 8. The lowest BCUT2D eigenvalue weighted by Crippen LogP contribution is -2.29. The molecular formula is C31H32N4O3S2. The van der Waals surface area contributed by atoms with Crippen LogP contribution in [0, 0.1) is 0 Å². The van der Waals surface area contributed by atoms with Crippen LogP contribution in [0.15, 0.2) is 92.6 Å². The van der Waals surface area contributed by atoms with Crippen LogP contribution in [0.2, 0.25) is 0 Å². The summed E-state index contributed by atoms with van der Waals surface area (Å²) >= 11 is 2.96. The van der Waals surface area contributed by atoms with Crippen LogP contribution in [0.5, 0.6) is 0 Å². The number of benzene rings is 3. The van der Waals surface area contributed by atoms with E-state index in [9.17, 15) is 9.59 Å². The Morgan fingerprint density at radius 3 is 2.42 bits per heavy atom. The van der Waals surface area contributed by atoms with Gasteiger partial charge in [-0.15, -0.1) is 0 Å². The molecule has 0 spiro atoms. The summed E-state index contributed by atoms with van der Waals surface area (Å²) in [5, 5.41) is 4.77. The molecule has 0 bridgehead atoms. The Morgan fingerprint density at radius 1 is 1.00 bits per heavy atom. The smallest absolute Gasteiger partial charge is 0.338 e. The molecule has 0 unspecified atom stereocenters. The van der Waals surface area contributed by atoms with Gasteiger partial charge in [-0.1, -0.05) is 54.2 Å². The fourth-order valence-corrected chi connectivity index (χ4v) is 6.69. The molecule has 3 aromatic rings. The predicted octanol–water partition coefficient (Wildman–Crippen LogP) is 7.25. The van der Waals surface area contributed by atoms with Crippen LogP contribution in [-0.4, -0.2) is 41.1 Å². The Kier molecular flexibility index (Phi) is 7.96. The molecule has 0 aromatic heterocycles. The van der Waals surface area contributed by atoms with Gasteiger partial charge in [-0.05, 0) is 75.4 Å². The van der Waals surface area contributed by atoms with Crippen molar-refractivity contribution in [3.05, 3.63) is 93.9 Å². The fourth-order valence-electron chi connectivity index (χ4n) is 4.36. The van der Waals surface area contributed by atoms with Crippen LogP contribution in [0.4, 0.5) is 17.1 Å². The normalized spacial score (nSPS) is 17.9. The van der Waals surface area contributed by atoms with Crippen molar-refractivity contribution in [2.24, 2.45) is 4.99 Å². The van der Waals surface area contributed by atoms with Crippen LogP contribution in [0.1, 0.15) is 43.6 Å². The van der Waals surface area contributed by atoms with E-state index in [2.05, 4.69) is 22.3 Å². The number of fused-ring (bicyclic) bond motifs is 1. The number of aliphatic imine (C=N–C) groups is 1. The summed E-state index contributed by atoms with van der Waals surface area (Å²) < 4.78 is 5.60. The zero-order valence-corrected chi connectivity index (χ0v) is 24.9. The van der Waals surface area contributed by atoms with Gasteiger partial charge in [-0.2, -0.15) is 0 Å². The second kappa shape index (κ2) is 11.4. The van der Waals surface area contributed by atoms with E-state index < -0.39 is 11.6 Å². The quantitative estimate of drug-likeness (QED) is 0.246. The molecule has 40 heavy (non-hydrogen) atoms. The van der Waals surface area contributed by atoms with E-state index >= 15 is 0 Å². The van der Waals surface area contributed by atoms with Crippen molar-refractivity contribution >= 4 is 57.6 Å². The maximum atomic E-state index is 14.0. The van der Waals surface area contributed by atoms with Gasteiger partial charge < -0.3 is 15.0 Å². The third kappa shape index (κ3) is 5.90. The number of carbonyl (C=O) groups is 2. The summed E-state index contributed by atoms with van der Waals surface area (Å²) in [4.78, 5) is 37.4. The second-order valence-electron chi connectivity index (χ2n) is 10.4. The maximum absolute atomic E-state index is 14.0. The van der Waals surface area contributed by atoms with Crippen molar-refractivity contribution in [2.45, 2.75) is 44.7 Å². The van der Waals surface area contributed by atoms with Crippen LogP contribution in [-0.2, 0) is 16.1 Å². The molecule has 5 rings (SSSR count). The van der Waals surface area contributed by atoms with E-state index in [-0.39, 0.29) is 5.91 Å². The zero-order chi connectivity index (χ0) is 28.4. The van der Waals surface area contributed by atoms with Gasteiger partial charge in [0.15, 0.2) is 5.17 Å². The highest BCUT2D eigenvalue weighted by Gasteiger charge is 2.39. The van der Waals surface area contributed by atoms with Crippen LogP contribution in [0.3, 0.4) is 0 Å². The first-order valence-corrected chi connectivity index (χ1v) is 14.8. The lowest BCUT2D eigenvalue weighted by molar-refractivity contribution is -0.122. The molecule has 2 aliphatic heterocycles. The molecule has 0 radical (unpaired) electrons. The van der Waals surface area contributed by atoms with Crippen molar-refractivity contribution in [3.63, 3.8) is 0 Å². The van der Waals surface area contributed by atoms with E-state index in [1.54, 1.807) is 28.8 Å². The monoisotopic (exact) mass is 572 g/mol. The summed E-state index contributed by atoms with van der Waals surface area (Å²) in [6, 6.07) is 23.3. The van der Waals surface area contributed by atoms with Gasteiger partial charge in [0.05, 0.1) is 34.2 Å². The maximum Gasteiger partial charge on any atom is 0.338 e. The number of anilines is 2. The van der Waals surface area contributed by atoms with Crippen LogP contribution >= 0.6 is 23.5 Å². The summed E-state index contributed by atoms with van der Waals surface area (Å²) in [6.45, 7) is 8.58. The third-order valence-electron chi connectivity index (χ3n) is 6.19. The topological polar surface area (TPSA) is 74.2 Å². The number of amidine groups is 1. The number of ether oxygens (including phenoxy) is 1.